The SMILES string of the molecule is CCOC(=O)C1=C(c2ccccc2)N=c2s/c(=C\c3ccc(-c4cccc(C(=O)OCC)c4)o3)c(=O)n2[C@@H]1c1ccc(Cl)cc1. The standard InChI is InChI=1S/C35H27ClN2O6S/c1-3-42-33(40)24-12-8-11-23(19-24)27-18-17-26(44-27)20-28-32(39)38-31(22-13-15-25(36)16-14-22)29(34(41)43-4-2)30(37-35(38)45-28)21-9-6-5-7-10-21/h5-20,31H,3-4H2,1-2H3/b28-20-/t31-/m1/s1. The van der Waals surface area contributed by atoms with E-state index in [-0.39, 0.29) is 24.3 Å². The monoisotopic (exact) mass is 638 g/mol. The van der Waals surface area contributed by atoms with Crippen molar-refractivity contribution >= 4 is 46.6 Å². The van der Waals surface area contributed by atoms with Gasteiger partial charge in [0.05, 0.1) is 40.6 Å². The summed E-state index contributed by atoms with van der Waals surface area (Å²) < 4.78 is 18.6. The molecular formula is C35H27ClN2O6S. The third-order valence-electron chi connectivity index (χ3n) is 7.12. The van der Waals surface area contributed by atoms with E-state index >= 15 is 0 Å². The average Bonchev–Trinajstić information content (AvgIpc) is 3.65. The van der Waals surface area contributed by atoms with Crippen molar-refractivity contribution in [2.45, 2.75) is 19.9 Å². The van der Waals surface area contributed by atoms with Gasteiger partial charge in [0.15, 0.2) is 4.80 Å². The van der Waals surface area contributed by atoms with E-state index in [1.54, 1.807) is 74.5 Å². The normalized spacial score (nSPS) is 14.6. The first-order chi connectivity index (χ1) is 21.9. The van der Waals surface area contributed by atoms with Crippen molar-refractivity contribution < 1.29 is 23.5 Å². The van der Waals surface area contributed by atoms with Crippen molar-refractivity contribution in [2.24, 2.45) is 4.99 Å². The third-order valence-corrected chi connectivity index (χ3v) is 8.35. The van der Waals surface area contributed by atoms with E-state index in [4.69, 9.17) is 30.5 Å². The molecule has 1 aliphatic rings. The van der Waals surface area contributed by atoms with Crippen LogP contribution in [0.15, 0.2) is 111 Å². The number of nitrogens with zero attached hydrogens (tertiary/aromatic N) is 2. The molecule has 0 radical (unpaired) electrons. The summed E-state index contributed by atoms with van der Waals surface area (Å²) >= 11 is 7.40. The van der Waals surface area contributed by atoms with Crippen LogP contribution >= 0.6 is 22.9 Å². The number of aromatic nitrogens is 1. The van der Waals surface area contributed by atoms with Crippen LogP contribution in [0, 0.1) is 0 Å². The van der Waals surface area contributed by atoms with E-state index in [9.17, 15) is 14.4 Å². The number of rotatable bonds is 8. The zero-order chi connectivity index (χ0) is 31.5. The molecule has 5 aromatic rings. The Bertz CT molecular complexity index is 2110. The zero-order valence-corrected chi connectivity index (χ0v) is 25.9. The quantitative estimate of drug-likeness (QED) is 0.193. The highest BCUT2D eigenvalue weighted by molar-refractivity contribution is 7.07. The fraction of sp³-hybridized carbons (Fsp3) is 0.143. The van der Waals surface area contributed by atoms with E-state index in [2.05, 4.69) is 0 Å². The third kappa shape index (κ3) is 6.05. The summed E-state index contributed by atoms with van der Waals surface area (Å²) in [5.41, 5.74) is 2.85. The Labute approximate surface area is 267 Å². The van der Waals surface area contributed by atoms with Gasteiger partial charge in [0.1, 0.15) is 11.5 Å². The average molecular weight is 639 g/mol. The molecule has 3 heterocycles. The molecule has 0 unspecified atom stereocenters. The van der Waals surface area contributed by atoms with Gasteiger partial charge in [0.2, 0.25) is 0 Å². The van der Waals surface area contributed by atoms with Crippen molar-refractivity contribution in [1.82, 2.24) is 4.57 Å². The summed E-state index contributed by atoms with van der Waals surface area (Å²) in [4.78, 5) is 45.1. The number of carbonyl (C=O) groups excluding carboxylic acids is 2. The van der Waals surface area contributed by atoms with Crippen LogP contribution in [0.4, 0.5) is 0 Å². The van der Waals surface area contributed by atoms with Gasteiger partial charge in [0.25, 0.3) is 5.56 Å². The smallest absolute Gasteiger partial charge is 0.338 e. The largest absolute Gasteiger partial charge is 0.463 e. The van der Waals surface area contributed by atoms with Gasteiger partial charge in [-0.1, -0.05) is 77.5 Å². The van der Waals surface area contributed by atoms with Crippen molar-refractivity contribution in [1.29, 1.82) is 0 Å². The predicted octanol–water partition coefficient (Wildman–Crippen LogP) is 6.03. The van der Waals surface area contributed by atoms with Crippen molar-refractivity contribution in [3.63, 3.8) is 0 Å². The van der Waals surface area contributed by atoms with E-state index in [1.807, 2.05) is 36.4 Å². The highest BCUT2D eigenvalue weighted by atomic mass is 35.5. The molecule has 3 aromatic carbocycles. The van der Waals surface area contributed by atoms with Crippen LogP contribution in [0.2, 0.25) is 5.02 Å². The Morgan fingerprint density at radius 2 is 1.62 bits per heavy atom. The molecule has 45 heavy (non-hydrogen) atoms. The van der Waals surface area contributed by atoms with Crippen LogP contribution < -0.4 is 14.9 Å². The van der Waals surface area contributed by atoms with Crippen LogP contribution in [0.1, 0.15) is 47.1 Å². The number of carbonyl (C=O) groups is 2. The van der Waals surface area contributed by atoms with Gasteiger partial charge >= 0.3 is 11.9 Å². The van der Waals surface area contributed by atoms with Gasteiger partial charge in [0, 0.05) is 22.2 Å². The number of benzene rings is 3. The van der Waals surface area contributed by atoms with E-state index < -0.39 is 18.0 Å². The number of esters is 2. The summed E-state index contributed by atoms with van der Waals surface area (Å²) in [7, 11) is 0. The minimum Gasteiger partial charge on any atom is -0.463 e. The summed E-state index contributed by atoms with van der Waals surface area (Å²) in [6.07, 6.45) is 1.65. The number of fused-ring (bicyclic) bond motifs is 1. The molecule has 1 aliphatic heterocycles. The Morgan fingerprint density at radius 1 is 0.911 bits per heavy atom. The molecule has 6 rings (SSSR count). The van der Waals surface area contributed by atoms with Gasteiger partial charge in [-0.3, -0.25) is 9.36 Å². The lowest BCUT2D eigenvalue weighted by Crippen LogP contribution is -2.39. The fourth-order valence-corrected chi connectivity index (χ4v) is 6.24. The summed E-state index contributed by atoms with van der Waals surface area (Å²) in [6, 6.07) is 26.0. The highest BCUT2D eigenvalue weighted by Crippen LogP contribution is 2.35. The highest BCUT2D eigenvalue weighted by Gasteiger charge is 2.35. The lowest BCUT2D eigenvalue weighted by molar-refractivity contribution is -0.138. The molecule has 0 amide bonds. The Balaban J connectivity index is 1.50. The summed E-state index contributed by atoms with van der Waals surface area (Å²) in [6.45, 7) is 3.92. The molecule has 0 saturated heterocycles. The lowest BCUT2D eigenvalue weighted by atomic mass is 9.93. The second kappa shape index (κ2) is 12.9. The second-order valence-corrected chi connectivity index (χ2v) is 11.4. The van der Waals surface area contributed by atoms with Gasteiger partial charge in [-0.05, 0) is 55.8 Å². The molecule has 8 nitrogen and oxygen atoms in total. The van der Waals surface area contributed by atoms with Crippen LogP contribution in [0.25, 0.3) is 23.1 Å². The number of furan rings is 1. The Hall–Kier alpha value is -4.99. The molecule has 0 spiro atoms. The molecule has 10 heteroatoms. The number of hydrogen-bond acceptors (Lipinski definition) is 8. The number of hydrogen-bond donors (Lipinski definition) is 0. The first kappa shape index (κ1) is 30.1. The lowest BCUT2D eigenvalue weighted by Gasteiger charge is -2.25. The van der Waals surface area contributed by atoms with Crippen molar-refractivity contribution in [3.8, 4) is 11.3 Å². The van der Waals surface area contributed by atoms with Gasteiger partial charge < -0.3 is 13.9 Å². The van der Waals surface area contributed by atoms with Crippen LogP contribution in [-0.4, -0.2) is 29.7 Å². The molecular weight excluding hydrogens is 612 g/mol. The maximum atomic E-state index is 14.1. The van der Waals surface area contributed by atoms with Gasteiger partial charge in [-0.25, -0.2) is 14.6 Å². The molecule has 226 valence electrons. The second-order valence-electron chi connectivity index (χ2n) is 9.99. The maximum absolute atomic E-state index is 14.1. The Kier molecular flexibility index (Phi) is 8.64. The van der Waals surface area contributed by atoms with E-state index in [0.29, 0.717) is 48.3 Å². The van der Waals surface area contributed by atoms with Crippen molar-refractivity contribution in [2.75, 3.05) is 13.2 Å². The minimum absolute atomic E-state index is 0.158. The first-order valence-electron chi connectivity index (χ1n) is 14.3. The van der Waals surface area contributed by atoms with E-state index in [0.717, 1.165) is 5.56 Å². The van der Waals surface area contributed by atoms with Crippen LogP contribution in [-0.2, 0) is 14.3 Å². The topological polar surface area (TPSA) is 100 Å². The summed E-state index contributed by atoms with van der Waals surface area (Å²) in [5, 5.41) is 0.525. The summed E-state index contributed by atoms with van der Waals surface area (Å²) in [5.74, 6) is -0.0162. The predicted molar refractivity (Wildman–Crippen MR) is 173 cm³/mol. The fourth-order valence-electron chi connectivity index (χ4n) is 5.13. The number of thiazole rings is 1. The van der Waals surface area contributed by atoms with Crippen LogP contribution in [0.5, 0.6) is 0 Å². The minimum atomic E-state index is -0.812. The maximum Gasteiger partial charge on any atom is 0.338 e. The van der Waals surface area contributed by atoms with Crippen LogP contribution in [0.3, 0.4) is 0 Å². The Morgan fingerprint density at radius 3 is 2.36 bits per heavy atom. The molecule has 0 fully saturated rings. The molecule has 0 N–H and O–H groups in total. The molecule has 0 bridgehead atoms. The van der Waals surface area contributed by atoms with Gasteiger partial charge in [-0.15, -0.1) is 0 Å². The zero-order valence-electron chi connectivity index (χ0n) is 24.4. The van der Waals surface area contributed by atoms with E-state index in [1.165, 1.54) is 15.9 Å². The molecule has 0 aliphatic carbocycles. The van der Waals surface area contributed by atoms with Gasteiger partial charge in [-0.2, -0.15) is 0 Å². The first-order valence-corrected chi connectivity index (χ1v) is 15.5. The molecule has 0 saturated carbocycles. The van der Waals surface area contributed by atoms with Crippen molar-refractivity contribution in [3.05, 3.63) is 144 Å². The molecule has 1 atom stereocenters. The number of ether oxygens (including phenoxy) is 2. The number of halogens is 1. The molecule has 2 aromatic heterocycles.